The van der Waals surface area contributed by atoms with Gasteiger partial charge in [0.1, 0.15) is 5.02 Å². The van der Waals surface area contributed by atoms with Crippen LogP contribution in [0.25, 0.3) is 10.8 Å². The smallest absolute Gasteiger partial charge is 0.258 e. The molecule has 0 saturated carbocycles. The van der Waals surface area contributed by atoms with E-state index in [-0.39, 0.29) is 15.6 Å². The summed E-state index contributed by atoms with van der Waals surface area (Å²) in [5.74, 6) is 0.605. The van der Waals surface area contributed by atoms with Crippen molar-refractivity contribution in [3.05, 3.63) is 81.4 Å². The molecule has 1 saturated heterocycles. The summed E-state index contributed by atoms with van der Waals surface area (Å²) < 4.78 is 28.0. The van der Waals surface area contributed by atoms with E-state index in [9.17, 15) is 18.5 Å². The molecule has 144 valence electrons. The van der Waals surface area contributed by atoms with Crippen molar-refractivity contribution in [3.8, 4) is 0 Å². The number of halogens is 1. The lowest BCUT2D eigenvalue weighted by Crippen LogP contribution is -2.30. The van der Waals surface area contributed by atoms with Gasteiger partial charge in [-0.25, -0.2) is 8.42 Å². The molecular formula is C19H15ClN2O4S2. The normalized spacial score (nSPS) is 17.8. The van der Waals surface area contributed by atoms with Gasteiger partial charge in [0.25, 0.3) is 5.69 Å². The summed E-state index contributed by atoms with van der Waals surface area (Å²) in [5, 5.41) is 12.5. The number of rotatable bonds is 4. The molecule has 0 aromatic heterocycles. The first-order valence-electron chi connectivity index (χ1n) is 8.44. The van der Waals surface area contributed by atoms with Crippen molar-refractivity contribution < 1.29 is 13.3 Å². The van der Waals surface area contributed by atoms with E-state index >= 15 is 0 Å². The van der Waals surface area contributed by atoms with Crippen molar-refractivity contribution in [1.29, 1.82) is 0 Å². The standard InChI is InChI=1S/C19H15ClN2O4S2/c20-17-8-6-15(12-18(17)22(23)24)19-21(9-10-27-19)28(25,26)16-7-5-13-3-1-2-4-14(13)11-16/h1-8,11-12,19H,9-10H2/t19-/m0/s1. The Labute approximate surface area is 171 Å². The first-order chi connectivity index (χ1) is 13.4. The van der Waals surface area contributed by atoms with Crippen LogP contribution in [0.3, 0.4) is 0 Å². The molecule has 0 amide bonds. The molecule has 0 radical (unpaired) electrons. The maximum absolute atomic E-state index is 13.3. The number of sulfonamides is 1. The van der Waals surface area contributed by atoms with Crippen LogP contribution >= 0.6 is 23.4 Å². The van der Waals surface area contributed by atoms with E-state index in [2.05, 4.69) is 0 Å². The van der Waals surface area contributed by atoms with Gasteiger partial charge in [0.05, 0.1) is 15.2 Å². The van der Waals surface area contributed by atoms with E-state index < -0.39 is 20.3 Å². The molecule has 1 heterocycles. The van der Waals surface area contributed by atoms with Gasteiger partial charge in [-0.2, -0.15) is 4.31 Å². The van der Waals surface area contributed by atoms with Crippen LogP contribution in [-0.2, 0) is 10.0 Å². The number of nitro groups is 1. The quantitative estimate of drug-likeness (QED) is 0.433. The predicted octanol–water partition coefficient (Wildman–Crippen LogP) is 4.84. The molecule has 0 bridgehead atoms. The van der Waals surface area contributed by atoms with Crippen LogP contribution in [0.15, 0.2) is 65.6 Å². The van der Waals surface area contributed by atoms with Gasteiger partial charge < -0.3 is 0 Å². The van der Waals surface area contributed by atoms with Crippen molar-refractivity contribution in [1.82, 2.24) is 4.31 Å². The fourth-order valence-electron chi connectivity index (χ4n) is 3.25. The van der Waals surface area contributed by atoms with Crippen molar-refractivity contribution in [2.24, 2.45) is 0 Å². The van der Waals surface area contributed by atoms with E-state index in [1.807, 2.05) is 24.3 Å². The number of nitro benzene ring substituents is 1. The average molecular weight is 435 g/mol. The lowest BCUT2D eigenvalue weighted by atomic mass is 10.1. The summed E-state index contributed by atoms with van der Waals surface area (Å²) in [4.78, 5) is 10.8. The molecule has 28 heavy (non-hydrogen) atoms. The minimum atomic E-state index is -3.76. The fourth-order valence-corrected chi connectivity index (χ4v) is 6.70. The highest BCUT2D eigenvalue weighted by molar-refractivity contribution is 8.01. The lowest BCUT2D eigenvalue weighted by Gasteiger charge is -2.23. The minimum absolute atomic E-state index is 0.0284. The molecule has 4 rings (SSSR count). The molecular weight excluding hydrogens is 420 g/mol. The van der Waals surface area contributed by atoms with Crippen LogP contribution in [0.4, 0.5) is 5.69 Å². The monoisotopic (exact) mass is 434 g/mol. The first kappa shape index (κ1) is 19.2. The summed E-state index contributed by atoms with van der Waals surface area (Å²) in [6.45, 7) is 0.334. The van der Waals surface area contributed by atoms with Gasteiger partial charge in [0, 0.05) is 18.4 Å². The summed E-state index contributed by atoms with van der Waals surface area (Å²) >= 11 is 7.33. The van der Waals surface area contributed by atoms with Crippen LogP contribution in [-0.4, -0.2) is 29.9 Å². The second kappa shape index (κ2) is 7.36. The molecule has 0 unspecified atom stereocenters. The highest BCUT2D eigenvalue weighted by Gasteiger charge is 2.37. The number of thioether (sulfide) groups is 1. The number of nitrogens with zero attached hydrogens (tertiary/aromatic N) is 2. The molecule has 0 N–H and O–H groups in total. The molecule has 6 nitrogen and oxygen atoms in total. The van der Waals surface area contributed by atoms with E-state index in [1.165, 1.54) is 28.2 Å². The van der Waals surface area contributed by atoms with Crippen LogP contribution < -0.4 is 0 Å². The highest BCUT2D eigenvalue weighted by Crippen LogP contribution is 2.43. The Kier molecular flexibility index (Phi) is 5.05. The summed E-state index contributed by atoms with van der Waals surface area (Å²) in [6, 6.07) is 17.0. The SMILES string of the molecule is O=[N+]([O-])c1cc([C@@H]2SCCN2S(=O)(=O)c2ccc3ccccc3c2)ccc1Cl. The Hall–Kier alpha value is -2.13. The van der Waals surface area contributed by atoms with Gasteiger partial charge in [0.2, 0.25) is 10.0 Å². The molecule has 1 aliphatic heterocycles. The van der Waals surface area contributed by atoms with E-state index in [1.54, 1.807) is 24.3 Å². The first-order valence-corrected chi connectivity index (χ1v) is 11.3. The van der Waals surface area contributed by atoms with Crippen molar-refractivity contribution in [2.75, 3.05) is 12.3 Å². The molecule has 0 spiro atoms. The van der Waals surface area contributed by atoms with Gasteiger partial charge >= 0.3 is 0 Å². The molecule has 9 heteroatoms. The number of hydrogen-bond acceptors (Lipinski definition) is 5. The maximum atomic E-state index is 13.3. The number of hydrogen-bond donors (Lipinski definition) is 0. The Morgan fingerprint density at radius 3 is 2.57 bits per heavy atom. The van der Waals surface area contributed by atoms with E-state index in [4.69, 9.17) is 11.6 Å². The summed E-state index contributed by atoms with van der Waals surface area (Å²) in [7, 11) is -3.76. The number of fused-ring (bicyclic) bond motifs is 1. The zero-order chi connectivity index (χ0) is 19.9. The Morgan fingerprint density at radius 1 is 1.07 bits per heavy atom. The molecule has 1 atom stereocenters. The second-order valence-electron chi connectivity index (χ2n) is 6.32. The number of benzene rings is 3. The second-order valence-corrected chi connectivity index (χ2v) is 9.80. The molecule has 3 aromatic carbocycles. The average Bonchev–Trinajstić information content (AvgIpc) is 3.18. The van der Waals surface area contributed by atoms with Crippen LogP contribution in [0, 0.1) is 10.1 Å². The minimum Gasteiger partial charge on any atom is -0.258 e. The predicted molar refractivity (Wildman–Crippen MR) is 111 cm³/mol. The molecule has 1 aliphatic rings. The highest BCUT2D eigenvalue weighted by atomic mass is 35.5. The third-order valence-electron chi connectivity index (χ3n) is 4.63. The van der Waals surface area contributed by atoms with Crippen molar-refractivity contribution in [3.63, 3.8) is 0 Å². The molecule has 1 fully saturated rings. The van der Waals surface area contributed by atoms with Crippen LogP contribution in [0.2, 0.25) is 5.02 Å². The third-order valence-corrected chi connectivity index (χ3v) is 8.20. The fraction of sp³-hybridized carbons (Fsp3) is 0.158. The molecule has 3 aromatic rings. The van der Waals surface area contributed by atoms with Gasteiger partial charge in [-0.3, -0.25) is 10.1 Å². The zero-order valence-electron chi connectivity index (χ0n) is 14.5. The van der Waals surface area contributed by atoms with Crippen molar-refractivity contribution in [2.45, 2.75) is 10.3 Å². The van der Waals surface area contributed by atoms with Crippen LogP contribution in [0.1, 0.15) is 10.9 Å². The van der Waals surface area contributed by atoms with Crippen molar-refractivity contribution >= 4 is 49.8 Å². The largest absolute Gasteiger partial charge is 0.288 e. The van der Waals surface area contributed by atoms with Gasteiger partial charge in [-0.15, -0.1) is 11.8 Å². The molecule has 0 aliphatic carbocycles. The van der Waals surface area contributed by atoms with Crippen LogP contribution in [0.5, 0.6) is 0 Å². The third kappa shape index (κ3) is 3.37. The zero-order valence-corrected chi connectivity index (χ0v) is 16.9. The van der Waals surface area contributed by atoms with Gasteiger partial charge in [0.15, 0.2) is 0 Å². The van der Waals surface area contributed by atoms with E-state index in [0.29, 0.717) is 17.9 Å². The summed E-state index contributed by atoms with van der Waals surface area (Å²) in [5.41, 5.74) is 0.317. The Bertz CT molecular complexity index is 1180. The summed E-state index contributed by atoms with van der Waals surface area (Å²) in [6.07, 6.45) is 0. The van der Waals surface area contributed by atoms with Gasteiger partial charge in [-0.05, 0) is 34.5 Å². The Morgan fingerprint density at radius 2 is 1.82 bits per heavy atom. The van der Waals surface area contributed by atoms with E-state index in [0.717, 1.165) is 10.8 Å². The topological polar surface area (TPSA) is 80.5 Å². The lowest BCUT2D eigenvalue weighted by molar-refractivity contribution is -0.384. The Balaban J connectivity index is 1.74. The van der Waals surface area contributed by atoms with Gasteiger partial charge in [-0.1, -0.05) is 48.0 Å². The maximum Gasteiger partial charge on any atom is 0.288 e.